The number of methoxy groups -OCH3 is 2. The second-order valence-electron chi connectivity index (χ2n) is 39.5. The van der Waals surface area contributed by atoms with Crippen LogP contribution >= 0.6 is 46.4 Å². The molecule has 6 aromatic rings. The number of amides is 4. The summed E-state index contributed by atoms with van der Waals surface area (Å²) in [5.74, 6) is 3.50. The van der Waals surface area contributed by atoms with Crippen LogP contribution in [0.4, 0.5) is 0 Å². The highest BCUT2D eigenvalue weighted by Crippen LogP contribution is 2.71. The summed E-state index contributed by atoms with van der Waals surface area (Å²) in [7, 11) is 3.43. The van der Waals surface area contributed by atoms with Crippen LogP contribution in [0.25, 0.3) is 27.6 Å². The molecule has 10 atom stereocenters. The van der Waals surface area contributed by atoms with Gasteiger partial charge < -0.3 is 38.4 Å². The maximum absolute atomic E-state index is 13.8. The lowest BCUT2D eigenvalue weighted by Gasteiger charge is -2.64. The summed E-state index contributed by atoms with van der Waals surface area (Å²) in [5.41, 5.74) is 16.9. The van der Waals surface area contributed by atoms with Gasteiger partial charge in [0, 0.05) is 105 Å². The van der Waals surface area contributed by atoms with Crippen molar-refractivity contribution < 1.29 is 43.0 Å². The van der Waals surface area contributed by atoms with E-state index < -0.39 is 27.4 Å². The van der Waals surface area contributed by atoms with Gasteiger partial charge in [-0.05, 0) is 230 Å². The minimum atomic E-state index is -0.721. The van der Waals surface area contributed by atoms with E-state index in [1.807, 2.05) is 102 Å². The fourth-order valence-corrected chi connectivity index (χ4v) is 27.4. The van der Waals surface area contributed by atoms with Gasteiger partial charge >= 0.3 is 0 Å². The quantitative estimate of drug-likeness (QED) is 0.111. The predicted octanol–water partition coefficient (Wildman–Crippen LogP) is 19.1. The van der Waals surface area contributed by atoms with Crippen molar-refractivity contribution in [1.82, 2.24) is 24.2 Å². The molecule has 1 aromatic heterocycles. The second-order valence-corrected chi connectivity index (χ2v) is 41.2. The Kier molecular flexibility index (Phi) is 19.3. The zero-order valence-corrected chi connectivity index (χ0v) is 74.0. The minimum Gasteiger partial charge on any atom is -0.483 e. The average Bonchev–Trinajstić information content (AvgIpc) is 1.36. The number of nitrogens with zero attached hydrogens (tertiary/aromatic N) is 8. The van der Waals surface area contributed by atoms with Gasteiger partial charge in [0.25, 0.3) is 11.8 Å². The number of carbonyl (C=O) groups is 6. The molecule has 14 heterocycles. The van der Waals surface area contributed by atoms with E-state index in [-0.39, 0.29) is 68.7 Å². The highest BCUT2D eigenvalue weighted by Gasteiger charge is 2.76. The van der Waals surface area contributed by atoms with Crippen molar-refractivity contribution in [1.29, 1.82) is 0 Å². The first-order valence-electron chi connectivity index (χ1n) is 43.4. The fourth-order valence-electron chi connectivity index (χ4n) is 26.7. The lowest BCUT2D eigenvalue weighted by molar-refractivity contribution is -0.186. The van der Waals surface area contributed by atoms with Crippen molar-refractivity contribution in [3.63, 3.8) is 0 Å². The number of fused-ring (bicyclic) bond motifs is 9. The van der Waals surface area contributed by atoms with E-state index in [4.69, 9.17) is 70.6 Å². The first-order valence-corrected chi connectivity index (χ1v) is 44.9. The Hall–Kier alpha value is -8.45. The lowest BCUT2D eigenvalue weighted by atomic mass is 9.44. The first-order chi connectivity index (χ1) is 57.2. The van der Waals surface area contributed by atoms with Crippen molar-refractivity contribution in [3.8, 4) is 0 Å². The van der Waals surface area contributed by atoms with Crippen LogP contribution in [-0.2, 0) is 76.2 Å². The van der Waals surface area contributed by atoms with Crippen molar-refractivity contribution in [2.75, 3.05) is 46.9 Å². The normalized spacial score (nSPS) is 31.0. The molecule has 21 heteroatoms. The van der Waals surface area contributed by atoms with Crippen LogP contribution in [0.3, 0.4) is 0 Å². The number of hydrogen-bond acceptors (Lipinski definition) is 12. The first kappa shape index (κ1) is 81.2. The van der Waals surface area contributed by atoms with Gasteiger partial charge in [0.15, 0.2) is 23.1 Å². The Morgan fingerprint density at radius 2 is 1.02 bits per heavy atom. The van der Waals surface area contributed by atoms with Gasteiger partial charge in [0.2, 0.25) is 23.6 Å². The number of allylic oxidation sites excluding steroid dienone is 5. The number of rotatable bonds is 7. The SMILES string of the molecule is C=CC(C)(C)c1c(C=O)c2ccc(Cl)cc2n1COCc1ccccc1.CC1(C)C2=C(C[C@@]34CC(=O)[C@]5(CCCN5C3=O)CC14)c1ccc(Cl)cc1C2.CC1=NCC(=O)N2CCC[C@@H]12.COC1=N[C@@]23CC4=C(Cc5cc(Cl)ccc54)C(C)(C)C2C[C@@]12CCCN2C3=O.COC1=N[C@@]23CC4=C(Cc5cc(Cl)ccc54)C(C)(C)C2C[C@@]12CCCN2C3=O. The number of carbonyl (C=O) groups excluding carboxylic acids is 6. The average molecular weight is 1700 g/mol. The molecule has 26 rings (SSSR count). The molecule has 9 fully saturated rings. The fraction of sp³-hybridized carbons (Fsp3) is 0.505. The van der Waals surface area contributed by atoms with E-state index in [1.54, 1.807) is 20.3 Å². The van der Waals surface area contributed by atoms with Gasteiger partial charge in [-0.1, -0.05) is 179 Å². The number of piperidine rings is 4. The zero-order chi connectivity index (χ0) is 84.3. The van der Waals surface area contributed by atoms with E-state index in [1.165, 1.54) is 66.8 Å². The third-order valence-electron chi connectivity index (χ3n) is 32.5. The molecule has 8 saturated heterocycles. The predicted molar refractivity (Wildman–Crippen MR) is 473 cm³/mol. The molecule has 0 radical (unpaired) electrons. The number of ether oxygens (including phenoxy) is 3. The van der Waals surface area contributed by atoms with E-state index >= 15 is 0 Å². The van der Waals surface area contributed by atoms with Crippen LogP contribution in [0.5, 0.6) is 0 Å². The largest absolute Gasteiger partial charge is 0.483 e. The van der Waals surface area contributed by atoms with Crippen molar-refractivity contribution in [2.24, 2.45) is 54.4 Å². The topological polar surface area (TPSA) is 185 Å². The monoisotopic (exact) mass is 1690 g/mol. The van der Waals surface area contributed by atoms with E-state index in [0.717, 1.165) is 184 Å². The van der Waals surface area contributed by atoms with Crippen molar-refractivity contribution in [2.45, 2.75) is 230 Å². The van der Waals surface area contributed by atoms with Crippen LogP contribution in [0.15, 0.2) is 147 Å². The maximum Gasteiger partial charge on any atom is 0.252 e. The summed E-state index contributed by atoms with van der Waals surface area (Å²) >= 11 is 25.0. The third kappa shape index (κ3) is 11.6. The van der Waals surface area contributed by atoms with Crippen LogP contribution in [0.1, 0.15) is 214 Å². The number of aldehydes is 1. The number of Topliss-reactive ketones (excluding diaryl/α,β-unsaturated/α-hetero) is 1. The highest BCUT2D eigenvalue weighted by atomic mass is 35.5. The molecule has 6 bridgehead atoms. The zero-order valence-electron chi connectivity index (χ0n) is 70.9. The number of aromatic nitrogens is 1. The van der Waals surface area contributed by atoms with Crippen LogP contribution < -0.4 is 0 Å². The molecule has 626 valence electrons. The molecule has 3 unspecified atom stereocenters. The maximum atomic E-state index is 13.8. The summed E-state index contributed by atoms with van der Waals surface area (Å²) in [4.78, 5) is 100. The van der Waals surface area contributed by atoms with E-state index in [9.17, 15) is 28.8 Å². The van der Waals surface area contributed by atoms with E-state index in [2.05, 4.69) is 99.3 Å². The van der Waals surface area contributed by atoms with Gasteiger partial charge in [0.05, 0.1) is 37.8 Å². The third-order valence-corrected chi connectivity index (χ3v) is 33.4. The Balaban J connectivity index is 0.000000101. The molecule has 17 nitrogen and oxygen atoms in total. The Labute approximate surface area is 724 Å². The van der Waals surface area contributed by atoms with Gasteiger partial charge in [-0.15, -0.1) is 6.58 Å². The lowest BCUT2D eigenvalue weighted by Crippen LogP contribution is -2.74. The van der Waals surface area contributed by atoms with Crippen molar-refractivity contribution >= 4 is 127 Å². The molecule has 4 amide bonds. The molecule has 1 saturated carbocycles. The molecule has 5 aromatic carbocycles. The van der Waals surface area contributed by atoms with Gasteiger partial charge in [-0.3, -0.25) is 33.8 Å². The minimum absolute atomic E-state index is 0.0723. The number of aliphatic imine (C=N–C) groups is 3. The molecule has 20 aliphatic rings. The molecule has 0 N–H and O–H groups in total. The Morgan fingerprint density at radius 1 is 0.558 bits per heavy atom. The molecule has 120 heavy (non-hydrogen) atoms. The molecule has 7 aliphatic carbocycles. The van der Waals surface area contributed by atoms with Gasteiger partial charge in [-0.25, -0.2) is 9.98 Å². The number of ketones is 1. The number of halogens is 4. The molecule has 6 spiro atoms. The van der Waals surface area contributed by atoms with Gasteiger partial charge in [0.1, 0.15) is 29.9 Å². The summed E-state index contributed by atoms with van der Waals surface area (Å²) in [6.07, 6.45) is 19.0. The van der Waals surface area contributed by atoms with Gasteiger partial charge in [-0.2, -0.15) is 0 Å². The van der Waals surface area contributed by atoms with Crippen LogP contribution in [0, 0.1) is 39.4 Å². The van der Waals surface area contributed by atoms with Crippen LogP contribution in [-0.4, -0.2) is 158 Å². The number of benzene rings is 5. The standard InChI is InChI=1S/2C23H25ClN2O2.C23H24ClNO2.C22H22ClNO2.C8H12N2O/c2*1-21(2)17-10-13-9-14(24)5-6-15(13)16(17)11-23-18(21)12-22(19(25-23)28-3)7-4-8-26(22)20(23)27;1-21(2)17-9-13-8-14(24)4-5-15(13)16(17)10-22-12-19(26)23(11-18(21)22)6-3-7-25(23)20(22)27;1-4-22(2,3)21-19(13-25)18-11-10-17(23)12-20(18)24(21)15-26-14-16-8-6-5-7-9-16;1-6-7-3-2-4-10(7)8(11)5-9-6/h2*5-6,9,18H,4,7-8,10-12H2,1-3H3;4-5,8,18H,3,6-7,9-12H2,1-2H3;4-13H,1,14-15H2,2-3H3;7H,2-5H2,1H3/t3*18?,22-,23-;;7-/m000.0/s1. The molecular formula is C99H108Cl4N8O9. The summed E-state index contributed by atoms with van der Waals surface area (Å²) in [6, 6.07) is 34.4. The Morgan fingerprint density at radius 3 is 1.52 bits per heavy atom. The second kappa shape index (κ2) is 28.6. The summed E-state index contributed by atoms with van der Waals surface area (Å²) < 4.78 is 19.6. The number of hydrogen-bond donors (Lipinski definition) is 0. The summed E-state index contributed by atoms with van der Waals surface area (Å²) in [6.45, 7) is 28.5. The molecule has 13 aliphatic heterocycles. The highest BCUT2D eigenvalue weighted by molar-refractivity contribution is 6.32. The summed E-state index contributed by atoms with van der Waals surface area (Å²) in [5, 5.41) is 3.83. The Bertz CT molecular complexity index is 5530. The van der Waals surface area contributed by atoms with Crippen LogP contribution in [0.2, 0.25) is 20.1 Å². The van der Waals surface area contributed by atoms with E-state index in [0.29, 0.717) is 61.6 Å². The smallest absolute Gasteiger partial charge is 0.252 e. The molecular weight excluding hydrogens is 1590 g/mol. The van der Waals surface area contributed by atoms with Crippen molar-refractivity contribution in [3.05, 3.63) is 203 Å².